The number of rotatable bonds is 5. The molecule has 0 radical (unpaired) electrons. The van der Waals surface area contributed by atoms with Crippen LogP contribution >= 0.6 is 0 Å². The van der Waals surface area contributed by atoms with Crippen LogP contribution in [0.25, 0.3) is 5.69 Å². The standard InChI is InChI=1S/C16H22N2O/c1-4-8-14-15(11-12(2)3)17-18(16(14)19)13-9-6-5-7-10-13/h5-7,9-10,12,17H,4,8,11H2,1-3H3. The molecular formula is C16H22N2O. The molecule has 0 spiro atoms. The van der Waals surface area contributed by atoms with Gasteiger partial charge in [-0.15, -0.1) is 0 Å². The lowest BCUT2D eigenvalue weighted by atomic mass is 10.0. The quantitative estimate of drug-likeness (QED) is 0.877. The van der Waals surface area contributed by atoms with Crippen molar-refractivity contribution in [3.05, 3.63) is 51.9 Å². The fraction of sp³-hybridized carbons (Fsp3) is 0.438. The predicted octanol–water partition coefficient (Wildman–Crippen LogP) is 3.32. The number of aromatic amines is 1. The molecule has 1 heterocycles. The highest BCUT2D eigenvalue weighted by Gasteiger charge is 2.15. The number of hydrogen-bond donors (Lipinski definition) is 1. The van der Waals surface area contributed by atoms with Crippen molar-refractivity contribution in [2.45, 2.75) is 40.0 Å². The van der Waals surface area contributed by atoms with Crippen molar-refractivity contribution in [1.29, 1.82) is 0 Å². The SMILES string of the molecule is CCCc1c(CC(C)C)[nH]n(-c2ccccc2)c1=O. The number of para-hydroxylation sites is 1. The number of nitrogens with one attached hydrogen (secondary N) is 1. The van der Waals surface area contributed by atoms with E-state index in [0.29, 0.717) is 5.92 Å². The first-order chi connectivity index (χ1) is 9.13. The van der Waals surface area contributed by atoms with Crippen molar-refractivity contribution in [1.82, 2.24) is 9.78 Å². The van der Waals surface area contributed by atoms with Crippen molar-refractivity contribution < 1.29 is 0 Å². The van der Waals surface area contributed by atoms with Gasteiger partial charge in [0.05, 0.1) is 5.69 Å². The molecule has 0 unspecified atom stereocenters. The lowest BCUT2D eigenvalue weighted by Gasteiger charge is -2.04. The molecule has 0 saturated heterocycles. The Labute approximate surface area is 114 Å². The van der Waals surface area contributed by atoms with Crippen LogP contribution in [0.5, 0.6) is 0 Å². The van der Waals surface area contributed by atoms with Crippen molar-refractivity contribution >= 4 is 0 Å². The maximum atomic E-state index is 12.5. The molecule has 1 N–H and O–H groups in total. The second kappa shape index (κ2) is 5.91. The molecule has 0 atom stereocenters. The van der Waals surface area contributed by atoms with Gasteiger partial charge in [0, 0.05) is 11.3 Å². The molecular weight excluding hydrogens is 236 g/mol. The van der Waals surface area contributed by atoms with Crippen molar-refractivity contribution in [2.75, 3.05) is 0 Å². The fourth-order valence-electron chi connectivity index (χ4n) is 2.36. The van der Waals surface area contributed by atoms with E-state index in [1.165, 1.54) is 0 Å². The highest BCUT2D eigenvalue weighted by molar-refractivity contribution is 5.33. The zero-order valence-electron chi connectivity index (χ0n) is 11.9. The summed E-state index contributed by atoms with van der Waals surface area (Å²) in [5.74, 6) is 0.540. The van der Waals surface area contributed by atoms with Crippen LogP contribution < -0.4 is 5.56 Å². The van der Waals surface area contributed by atoms with E-state index in [9.17, 15) is 4.79 Å². The van der Waals surface area contributed by atoms with Crippen LogP contribution in [0.4, 0.5) is 0 Å². The van der Waals surface area contributed by atoms with E-state index in [2.05, 4.69) is 25.9 Å². The Balaban J connectivity index is 2.49. The van der Waals surface area contributed by atoms with Crippen LogP contribution in [0.2, 0.25) is 0 Å². The van der Waals surface area contributed by atoms with E-state index < -0.39 is 0 Å². The summed E-state index contributed by atoms with van der Waals surface area (Å²) in [4.78, 5) is 12.5. The van der Waals surface area contributed by atoms with Gasteiger partial charge < -0.3 is 0 Å². The molecule has 3 nitrogen and oxygen atoms in total. The molecule has 2 rings (SSSR count). The highest BCUT2D eigenvalue weighted by atomic mass is 16.1. The van der Waals surface area contributed by atoms with E-state index in [1.54, 1.807) is 4.68 Å². The van der Waals surface area contributed by atoms with Gasteiger partial charge >= 0.3 is 0 Å². The van der Waals surface area contributed by atoms with E-state index in [1.807, 2.05) is 30.3 Å². The minimum absolute atomic E-state index is 0.101. The average Bonchev–Trinajstić information content (AvgIpc) is 2.68. The first-order valence-electron chi connectivity index (χ1n) is 7.01. The molecule has 3 heteroatoms. The fourth-order valence-corrected chi connectivity index (χ4v) is 2.36. The zero-order valence-corrected chi connectivity index (χ0v) is 11.9. The number of H-pyrrole nitrogens is 1. The van der Waals surface area contributed by atoms with Gasteiger partial charge in [0.25, 0.3) is 5.56 Å². The molecule has 0 bridgehead atoms. The third-order valence-electron chi connectivity index (χ3n) is 3.20. The van der Waals surface area contributed by atoms with Crippen molar-refractivity contribution in [3.63, 3.8) is 0 Å². The van der Waals surface area contributed by atoms with Gasteiger partial charge in [-0.05, 0) is 30.9 Å². The first-order valence-corrected chi connectivity index (χ1v) is 7.01. The summed E-state index contributed by atoms with van der Waals surface area (Å²) in [7, 11) is 0. The number of nitrogens with zero attached hydrogens (tertiary/aromatic N) is 1. The van der Waals surface area contributed by atoms with Crippen LogP contribution in [-0.4, -0.2) is 9.78 Å². The van der Waals surface area contributed by atoms with E-state index in [0.717, 1.165) is 36.2 Å². The van der Waals surface area contributed by atoms with Gasteiger partial charge in [-0.2, -0.15) is 0 Å². The number of aromatic nitrogens is 2. The molecule has 19 heavy (non-hydrogen) atoms. The highest BCUT2D eigenvalue weighted by Crippen LogP contribution is 2.13. The molecule has 2 aromatic rings. The van der Waals surface area contributed by atoms with E-state index in [4.69, 9.17) is 0 Å². The maximum absolute atomic E-state index is 12.5. The number of hydrogen-bond acceptors (Lipinski definition) is 1. The summed E-state index contributed by atoms with van der Waals surface area (Å²) >= 11 is 0. The minimum atomic E-state index is 0.101. The molecule has 0 aliphatic rings. The Hall–Kier alpha value is -1.77. The van der Waals surface area contributed by atoms with Crippen LogP contribution in [0, 0.1) is 5.92 Å². The molecule has 102 valence electrons. The molecule has 0 amide bonds. The van der Waals surface area contributed by atoms with Crippen LogP contribution in [0.1, 0.15) is 38.4 Å². The zero-order chi connectivity index (χ0) is 13.8. The lowest BCUT2D eigenvalue weighted by molar-refractivity contribution is 0.623. The Morgan fingerprint density at radius 2 is 1.89 bits per heavy atom. The summed E-state index contributed by atoms with van der Waals surface area (Å²) in [6, 6.07) is 9.76. The minimum Gasteiger partial charge on any atom is -0.295 e. The number of benzene rings is 1. The lowest BCUT2D eigenvalue weighted by Crippen LogP contribution is -2.17. The molecule has 0 aliphatic heterocycles. The van der Waals surface area contributed by atoms with Crippen LogP contribution in [0.3, 0.4) is 0 Å². The van der Waals surface area contributed by atoms with Gasteiger partial charge in [0.15, 0.2) is 0 Å². The largest absolute Gasteiger partial charge is 0.295 e. The third-order valence-corrected chi connectivity index (χ3v) is 3.20. The maximum Gasteiger partial charge on any atom is 0.274 e. The third kappa shape index (κ3) is 2.98. The molecule has 0 fully saturated rings. The summed E-state index contributed by atoms with van der Waals surface area (Å²) in [6.07, 6.45) is 2.76. The Morgan fingerprint density at radius 1 is 1.21 bits per heavy atom. The molecule has 1 aromatic carbocycles. The van der Waals surface area contributed by atoms with Crippen LogP contribution in [-0.2, 0) is 12.8 Å². The Morgan fingerprint density at radius 3 is 2.47 bits per heavy atom. The molecule has 0 aliphatic carbocycles. The molecule has 0 saturated carbocycles. The van der Waals surface area contributed by atoms with Gasteiger partial charge in [-0.1, -0.05) is 45.4 Å². The van der Waals surface area contributed by atoms with Crippen LogP contribution in [0.15, 0.2) is 35.1 Å². The summed E-state index contributed by atoms with van der Waals surface area (Å²) in [6.45, 7) is 6.46. The van der Waals surface area contributed by atoms with Crippen molar-refractivity contribution in [2.24, 2.45) is 5.92 Å². The monoisotopic (exact) mass is 258 g/mol. The van der Waals surface area contributed by atoms with Gasteiger partial charge in [-0.25, -0.2) is 4.68 Å². The van der Waals surface area contributed by atoms with E-state index in [-0.39, 0.29) is 5.56 Å². The van der Waals surface area contributed by atoms with E-state index >= 15 is 0 Å². The first kappa shape index (κ1) is 13.7. The van der Waals surface area contributed by atoms with Gasteiger partial charge in [0.2, 0.25) is 0 Å². The smallest absolute Gasteiger partial charge is 0.274 e. The Bertz CT molecular complexity index is 579. The van der Waals surface area contributed by atoms with Gasteiger partial charge in [-0.3, -0.25) is 9.89 Å². The summed E-state index contributed by atoms with van der Waals surface area (Å²) in [5, 5.41) is 3.29. The Kier molecular flexibility index (Phi) is 4.25. The molecule has 1 aromatic heterocycles. The topological polar surface area (TPSA) is 37.8 Å². The normalized spacial score (nSPS) is 11.2. The summed E-state index contributed by atoms with van der Waals surface area (Å²) < 4.78 is 1.67. The second-order valence-corrected chi connectivity index (χ2v) is 5.39. The second-order valence-electron chi connectivity index (χ2n) is 5.39. The van der Waals surface area contributed by atoms with Crippen molar-refractivity contribution in [3.8, 4) is 5.69 Å². The van der Waals surface area contributed by atoms with Gasteiger partial charge in [0.1, 0.15) is 0 Å². The predicted molar refractivity (Wildman–Crippen MR) is 78.9 cm³/mol. The summed E-state index contributed by atoms with van der Waals surface area (Å²) in [5.41, 5.74) is 3.04. The average molecular weight is 258 g/mol.